The number of methoxy groups -OCH3 is 1. The minimum absolute atomic E-state index is 0.159. The van der Waals surface area contributed by atoms with Crippen molar-refractivity contribution in [2.45, 2.75) is 19.3 Å². The zero-order valence-electron chi connectivity index (χ0n) is 12.2. The van der Waals surface area contributed by atoms with E-state index in [1.165, 1.54) is 0 Å². The molecule has 0 fully saturated rings. The summed E-state index contributed by atoms with van der Waals surface area (Å²) in [5, 5.41) is 7.05. The van der Waals surface area contributed by atoms with Gasteiger partial charge >= 0.3 is 0 Å². The van der Waals surface area contributed by atoms with Crippen LogP contribution in [0.25, 0.3) is 0 Å². The number of allylic oxidation sites excluding steroid dienone is 2. The lowest BCUT2D eigenvalue weighted by atomic mass is 9.96. The number of nitrogens with one attached hydrogen (secondary N) is 2. The molecule has 0 radical (unpaired) electrons. The fourth-order valence-corrected chi connectivity index (χ4v) is 2.10. The molecule has 0 aliphatic heterocycles. The Hall–Kier alpha value is -2.30. The summed E-state index contributed by atoms with van der Waals surface area (Å²) < 4.78 is 5.07. The molecule has 1 atom stereocenters. The number of carbonyl (C=O) groups is 1. The van der Waals surface area contributed by atoms with Crippen molar-refractivity contribution in [3.8, 4) is 5.75 Å². The largest absolute Gasteiger partial charge is 0.497 e. The third-order valence-corrected chi connectivity index (χ3v) is 3.33. The molecule has 5 nitrogen and oxygen atoms in total. The van der Waals surface area contributed by atoms with Gasteiger partial charge in [-0.15, -0.1) is 0 Å². The van der Waals surface area contributed by atoms with Crippen LogP contribution in [0, 0.1) is 5.92 Å². The summed E-state index contributed by atoms with van der Waals surface area (Å²) >= 11 is 0. The third kappa shape index (κ3) is 5.30. The lowest BCUT2D eigenvalue weighted by molar-refractivity contribution is -0.119. The number of hydrazone groups is 1. The molecular formula is C16H21N3O2. The smallest absolute Gasteiger partial charge is 0.259 e. The molecule has 1 aromatic carbocycles. The average Bonchev–Trinajstić information content (AvgIpc) is 2.54. The Morgan fingerprint density at radius 2 is 2.19 bits per heavy atom. The van der Waals surface area contributed by atoms with E-state index in [9.17, 15) is 4.79 Å². The van der Waals surface area contributed by atoms with Gasteiger partial charge in [-0.2, -0.15) is 5.10 Å². The Morgan fingerprint density at radius 1 is 1.38 bits per heavy atom. The van der Waals surface area contributed by atoms with Gasteiger partial charge in [-0.1, -0.05) is 12.2 Å². The number of amides is 1. The summed E-state index contributed by atoms with van der Waals surface area (Å²) in [7, 11) is 1.62. The van der Waals surface area contributed by atoms with Gasteiger partial charge in [-0.3, -0.25) is 4.79 Å². The first-order valence-electron chi connectivity index (χ1n) is 7.13. The molecule has 1 aliphatic carbocycles. The minimum Gasteiger partial charge on any atom is -0.497 e. The Morgan fingerprint density at radius 3 is 2.86 bits per heavy atom. The highest BCUT2D eigenvalue weighted by atomic mass is 16.5. The summed E-state index contributed by atoms with van der Waals surface area (Å²) in [4.78, 5) is 11.7. The van der Waals surface area contributed by atoms with Gasteiger partial charge < -0.3 is 10.1 Å². The summed E-state index contributed by atoms with van der Waals surface area (Å²) in [6.45, 7) is 0.189. The fourth-order valence-electron chi connectivity index (χ4n) is 2.10. The van der Waals surface area contributed by atoms with E-state index in [2.05, 4.69) is 28.0 Å². The van der Waals surface area contributed by atoms with Crippen molar-refractivity contribution in [2.75, 3.05) is 19.0 Å². The summed E-state index contributed by atoms with van der Waals surface area (Å²) in [5.74, 6) is 1.06. The van der Waals surface area contributed by atoms with E-state index in [1.54, 1.807) is 7.11 Å². The molecule has 2 N–H and O–H groups in total. The van der Waals surface area contributed by atoms with E-state index in [-0.39, 0.29) is 12.5 Å². The highest BCUT2D eigenvalue weighted by molar-refractivity contribution is 5.81. The van der Waals surface area contributed by atoms with Crippen LogP contribution in [0.1, 0.15) is 19.3 Å². The molecule has 0 bridgehead atoms. The minimum atomic E-state index is -0.159. The highest BCUT2D eigenvalue weighted by Gasteiger charge is 2.06. The quantitative estimate of drug-likeness (QED) is 0.480. The average molecular weight is 287 g/mol. The highest BCUT2D eigenvalue weighted by Crippen LogP contribution is 2.16. The number of benzene rings is 1. The topological polar surface area (TPSA) is 62.7 Å². The predicted molar refractivity (Wildman–Crippen MR) is 84.6 cm³/mol. The number of rotatable bonds is 6. The second kappa shape index (κ2) is 8.09. The van der Waals surface area contributed by atoms with E-state index < -0.39 is 0 Å². The molecular weight excluding hydrogens is 266 g/mol. The molecule has 0 aromatic heterocycles. The molecule has 1 aromatic rings. The molecule has 0 saturated carbocycles. The van der Waals surface area contributed by atoms with Crippen molar-refractivity contribution in [3.05, 3.63) is 36.4 Å². The number of hydrogen-bond acceptors (Lipinski definition) is 4. The predicted octanol–water partition coefficient (Wildman–Crippen LogP) is 2.57. The molecule has 2 rings (SSSR count). The van der Waals surface area contributed by atoms with Crippen LogP contribution >= 0.6 is 0 Å². The Balaban J connectivity index is 1.69. The standard InChI is InChI=1S/C16H21N3O2/c1-21-15-9-7-14(8-10-15)17-12-16(20)19-18-11-13-5-3-2-4-6-13/h2-3,7-11,13,17H,4-6,12H2,1H3,(H,19,20)/b18-11-/t13-/m0/s1. The summed E-state index contributed by atoms with van der Waals surface area (Å²) in [6, 6.07) is 7.41. The van der Waals surface area contributed by atoms with E-state index >= 15 is 0 Å². The number of hydrogen-bond donors (Lipinski definition) is 2. The molecule has 0 spiro atoms. The van der Waals surface area contributed by atoms with Crippen molar-refractivity contribution in [2.24, 2.45) is 11.0 Å². The number of anilines is 1. The van der Waals surface area contributed by atoms with Crippen molar-refractivity contribution < 1.29 is 9.53 Å². The van der Waals surface area contributed by atoms with E-state index in [1.807, 2.05) is 30.5 Å². The van der Waals surface area contributed by atoms with Gasteiger partial charge in [0.2, 0.25) is 0 Å². The van der Waals surface area contributed by atoms with Crippen molar-refractivity contribution >= 4 is 17.8 Å². The zero-order chi connectivity index (χ0) is 14.9. The zero-order valence-corrected chi connectivity index (χ0v) is 12.2. The molecule has 0 saturated heterocycles. The van der Waals surface area contributed by atoms with Crippen LogP contribution in [0.4, 0.5) is 5.69 Å². The first kappa shape index (κ1) is 15.1. The molecule has 1 aliphatic rings. The van der Waals surface area contributed by atoms with Crippen molar-refractivity contribution in [1.29, 1.82) is 0 Å². The van der Waals surface area contributed by atoms with Gasteiger partial charge in [-0.05, 0) is 49.4 Å². The molecule has 112 valence electrons. The van der Waals surface area contributed by atoms with Gasteiger partial charge in [0.1, 0.15) is 5.75 Å². The van der Waals surface area contributed by atoms with E-state index in [4.69, 9.17) is 4.74 Å². The lowest BCUT2D eigenvalue weighted by Gasteiger charge is -2.11. The first-order chi connectivity index (χ1) is 10.3. The Kier molecular flexibility index (Phi) is 5.82. The molecule has 21 heavy (non-hydrogen) atoms. The van der Waals surface area contributed by atoms with Crippen LogP contribution < -0.4 is 15.5 Å². The monoisotopic (exact) mass is 287 g/mol. The SMILES string of the molecule is COc1ccc(NCC(=O)N/N=C\[C@H]2CC=CCC2)cc1. The molecule has 0 unspecified atom stereocenters. The van der Waals surface area contributed by atoms with Gasteiger partial charge in [0.05, 0.1) is 13.7 Å². The van der Waals surface area contributed by atoms with Crippen LogP contribution in [-0.4, -0.2) is 25.8 Å². The fraction of sp³-hybridized carbons (Fsp3) is 0.375. The lowest BCUT2D eigenvalue weighted by Crippen LogP contribution is -2.26. The first-order valence-corrected chi connectivity index (χ1v) is 7.13. The van der Waals surface area contributed by atoms with Crippen LogP contribution in [0.5, 0.6) is 5.75 Å². The number of nitrogens with zero attached hydrogens (tertiary/aromatic N) is 1. The number of ether oxygens (including phenoxy) is 1. The van der Waals surface area contributed by atoms with Gasteiger partial charge in [0.25, 0.3) is 5.91 Å². The van der Waals surface area contributed by atoms with Gasteiger partial charge in [0.15, 0.2) is 0 Å². The van der Waals surface area contributed by atoms with Crippen LogP contribution in [0.3, 0.4) is 0 Å². The Bertz CT molecular complexity index is 509. The summed E-state index contributed by atoms with van der Waals surface area (Å²) in [5.41, 5.74) is 3.41. The second-order valence-corrected chi connectivity index (χ2v) is 4.94. The van der Waals surface area contributed by atoms with E-state index in [0.29, 0.717) is 5.92 Å². The van der Waals surface area contributed by atoms with Gasteiger partial charge in [0, 0.05) is 11.9 Å². The maximum atomic E-state index is 11.7. The third-order valence-electron chi connectivity index (χ3n) is 3.33. The van der Waals surface area contributed by atoms with Gasteiger partial charge in [-0.25, -0.2) is 5.43 Å². The molecule has 1 amide bonds. The van der Waals surface area contributed by atoms with E-state index in [0.717, 1.165) is 30.7 Å². The normalized spacial score (nSPS) is 17.7. The molecule has 5 heteroatoms. The Labute approximate surface area is 125 Å². The second-order valence-electron chi connectivity index (χ2n) is 4.94. The van der Waals surface area contributed by atoms with Crippen molar-refractivity contribution in [3.63, 3.8) is 0 Å². The van der Waals surface area contributed by atoms with Crippen LogP contribution in [0.15, 0.2) is 41.5 Å². The maximum absolute atomic E-state index is 11.7. The number of carbonyl (C=O) groups excluding carboxylic acids is 1. The molecule has 0 heterocycles. The van der Waals surface area contributed by atoms with Crippen LogP contribution in [0.2, 0.25) is 0 Å². The van der Waals surface area contributed by atoms with Crippen LogP contribution in [-0.2, 0) is 4.79 Å². The maximum Gasteiger partial charge on any atom is 0.259 e. The van der Waals surface area contributed by atoms with Crippen molar-refractivity contribution in [1.82, 2.24) is 5.43 Å². The summed E-state index contributed by atoms with van der Waals surface area (Å²) in [6.07, 6.45) is 9.36.